The molecule has 7 rings (SSSR count). The fourth-order valence-electron chi connectivity index (χ4n) is 4.83. The maximum absolute atomic E-state index is 13.5. The summed E-state index contributed by atoms with van der Waals surface area (Å²) < 4.78 is 13.5. The van der Waals surface area contributed by atoms with E-state index in [0.717, 1.165) is 55.7 Å². The fourth-order valence-corrected chi connectivity index (χ4v) is 4.83. The molecule has 3 N–H and O–H groups in total. The number of nitrogens with one attached hydrogen (secondary N) is 3. The van der Waals surface area contributed by atoms with Crippen molar-refractivity contribution in [3.05, 3.63) is 85.5 Å². The highest BCUT2D eigenvalue weighted by molar-refractivity contribution is 5.97. The normalized spacial score (nSPS) is 13.6. The molecule has 0 bridgehead atoms. The first-order chi connectivity index (χ1) is 18.6. The lowest BCUT2D eigenvalue weighted by Gasteiger charge is -2.28. The second kappa shape index (κ2) is 8.88. The van der Waals surface area contributed by atoms with Crippen LogP contribution in [0.15, 0.2) is 79.7 Å². The van der Waals surface area contributed by atoms with Gasteiger partial charge in [-0.15, -0.1) is 0 Å². The monoisotopic (exact) mass is 502 g/mol. The van der Waals surface area contributed by atoms with E-state index < -0.39 is 0 Å². The van der Waals surface area contributed by atoms with Gasteiger partial charge in [-0.05, 0) is 48.6 Å². The number of halogens is 1. The molecule has 8 nitrogen and oxygen atoms in total. The van der Waals surface area contributed by atoms with Gasteiger partial charge in [0, 0.05) is 34.6 Å². The number of rotatable bonds is 6. The van der Waals surface area contributed by atoms with Crippen molar-refractivity contribution >= 4 is 27.6 Å². The largest absolute Gasteiger partial charge is 0.358 e. The third-order valence-corrected chi connectivity index (χ3v) is 7.16. The number of H-pyrrole nitrogens is 2. The zero-order chi connectivity index (χ0) is 25.6. The molecular weight excluding hydrogens is 479 g/mol. The van der Waals surface area contributed by atoms with Crippen molar-refractivity contribution in [2.24, 2.45) is 5.92 Å². The molecule has 1 aliphatic rings. The van der Waals surface area contributed by atoms with Gasteiger partial charge in [0.1, 0.15) is 11.5 Å². The number of imidazole rings is 1. The average Bonchev–Trinajstić information content (AvgIpc) is 3.52. The van der Waals surface area contributed by atoms with Crippen LogP contribution in [0, 0.1) is 11.7 Å². The summed E-state index contributed by atoms with van der Waals surface area (Å²) in [5.74, 6) is 0.845. The van der Waals surface area contributed by atoms with Crippen molar-refractivity contribution in [3.8, 4) is 33.9 Å². The van der Waals surface area contributed by atoms with Crippen LogP contribution in [0.5, 0.6) is 0 Å². The molecule has 0 amide bonds. The Kier molecular flexibility index (Phi) is 5.21. The summed E-state index contributed by atoms with van der Waals surface area (Å²) >= 11 is 0. The Morgan fingerprint density at radius 2 is 1.79 bits per heavy atom. The number of anilines is 1. The van der Waals surface area contributed by atoms with Gasteiger partial charge in [0.05, 0.1) is 46.5 Å². The molecule has 0 spiro atoms. The van der Waals surface area contributed by atoms with Gasteiger partial charge < -0.3 is 10.3 Å². The van der Waals surface area contributed by atoms with E-state index in [9.17, 15) is 4.39 Å². The van der Waals surface area contributed by atoms with Crippen LogP contribution in [0.4, 0.5) is 10.1 Å². The van der Waals surface area contributed by atoms with Gasteiger partial charge in [-0.1, -0.05) is 25.1 Å². The van der Waals surface area contributed by atoms with Gasteiger partial charge in [-0.25, -0.2) is 9.37 Å². The molecule has 1 saturated carbocycles. The molecule has 0 aliphatic heterocycles. The SMILES string of the molecule is C=C(Nc1cncc(-c2cc3c(-c4nc5c(-c6ccc(F)cc6)cncc5[nH]4)n[nH]c3cn2)c1)C1CCC1. The molecule has 186 valence electrons. The molecule has 0 unspecified atom stereocenters. The summed E-state index contributed by atoms with van der Waals surface area (Å²) in [4.78, 5) is 21.6. The molecule has 1 aromatic carbocycles. The van der Waals surface area contributed by atoms with Crippen LogP contribution < -0.4 is 5.32 Å². The Morgan fingerprint density at radius 1 is 0.947 bits per heavy atom. The predicted molar refractivity (Wildman–Crippen MR) is 146 cm³/mol. The topological polar surface area (TPSA) is 108 Å². The fraction of sp³-hybridized carbons (Fsp3) is 0.138. The maximum Gasteiger partial charge on any atom is 0.159 e. The van der Waals surface area contributed by atoms with Crippen molar-refractivity contribution in [1.29, 1.82) is 0 Å². The van der Waals surface area contributed by atoms with Gasteiger partial charge in [0.2, 0.25) is 0 Å². The van der Waals surface area contributed by atoms with Crippen molar-refractivity contribution in [3.63, 3.8) is 0 Å². The minimum atomic E-state index is -0.288. The molecule has 0 radical (unpaired) electrons. The van der Waals surface area contributed by atoms with Gasteiger partial charge in [-0.2, -0.15) is 5.10 Å². The number of hydrogen-bond acceptors (Lipinski definition) is 6. The number of pyridine rings is 3. The molecular formula is C29H23FN8. The third-order valence-electron chi connectivity index (χ3n) is 7.16. The smallest absolute Gasteiger partial charge is 0.159 e. The van der Waals surface area contributed by atoms with Crippen LogP contribution in [-0.4, -0.2) is 35.1 Å². The summed E-state index contributed by atoms with van der Waals surface area (Å²) in [6, 6.07) is 10.3. The van der Waals surface area contributed by atoms with Gasteiger partial charge >= 0.3 is 0 Å². The highest BCUT2D eigenvalue weighted by Gasteiger charge is 2.21. The van der Waals surface area contributed by atoms with Crippen LogP contribution in [0.2, 0.25) is 0 Å². The van der Waals surface area contributed by atoms with Crippen molar-refractivity contribution in [2.45, 2.75) is 19.3 Å². The van der Waals surface area contributed by atoms with Crippen molar-refractivity contribution < 1.29 is 4.39 Å². The van der Waals surface area contributed by atoms with Crippen LogP contribution in [0.25, 0.3) is 55.8 Å². The van der Waals surface area contributed by atoms with Gasteiger partial charge in [-0.3, -0.25) is 20.1 Å². The molecule has 0 saturated heterocycles. The minimum Gasteiger partial charge on any atom is -0.358 e. The summed E-state index contributed by atoms with van der Waals surface area (Å²) in [5, 5.41) is 11.9. The van der Waals surface area contributed by atoms with E-state index >= 15 is 0 Å². The van der Waals surface area contributed by atoms with Crippen LogP contribution in [-0.2, 0) is 0 Å². The van der Waals surface area contributed by atoms with E-state index in [1.807, 2.05) is 12.1 Å². The molecule has 5 heterocycles. The van der Waals surface area contributed by atoms with E-state index in [0.29, 0.717) is 17.4 Å². The quantitative estimate of drug-likeness (QED) is 0.240. The maximum atomic E-state index is 13.5. The first-order valence-corrected chi connectivity index (χ1v) is 12.5. The van der Waals surface area contributed by atoms with Gasteiger partial charge in [0.15, 0.2) is 5.82 Å². The van der Waals surface area contributed by atoms with Crippen molar-refractivity contribution in [1.82, 2.24) is 35.1 Å². The molecule has 5 aromatic heterocycles. The van der Waals surface area contributed by atoms with Crippen LogP contribution >= 0.6 is 0 Å². The number of nitrogens with zero attached hydrogens (tertiary/aromatic N) is 5. The average molecular weight is 503 g/mol. The summed E-state index contributed by atoms with van der Waals surface area (Å²) in [5.41, 5.74) is 8.21. The number of hydrogen-bond donors (Lipinski definition) is 3. The zero-order valence-electron chi connectivity index (χ0n) is 20.4. The third kappa shape index (κ3) is 3.88. The molecule has 1 fully saturated rings. The highest BCUT2D eigenvalue weighted by Crippen LogP contribution is 2.34. The van der Waals surface area contributed by atoms with E-state index in [1.165, 1.54) is 31.4 Å². The van der Waals surface area contributed by atoms with Gasteiger partial charge in [0.25, 0.3) is 0 Å². The van der Waals surface area contributed by atoms with Crippen molar-refractivity contribution in [2.75, 3.05) is 5.32 Å². The number of aromatic amines is 2. The lowest BCUT2D eigenvalue weighted by molar-refractivity contribution is 0.371. The highest BCUT2D eigenvalue weighted by atomic mass is 19.1. The zero-order valence-corrected chi connectivity index (χ0v) is 20.4. The Balaban J connectivity index is 1.26. The molecule has 0 atom stereocenters. The summed E-state index contributed by atoms with van der Waals surface area (Å²) in [6.45, 7) is 4.20. The van der Waals surface area contributed by atoms with Crippen LogP contribution in [0.3, 0.4) is 0 Å². The van der Waals surface area contributed by atoms with E-state index in [4.69, 9.17) is 4.98 Å². The minimum absolute atomic E-state index is 0.288. The standard InChI is InChI=1S/C29H23FN8/c1-16(17-3-2-4-17)34-21-9-19(11-31-12-21)24-10-22-25(15-33-24)37-38-28(22)29-35-26-14-32-13-23(27(26)36-29)18-5-7-20(30)8-6-18/h5-15,17,34H,1-4H2,(H,35,36)(H,37,38). The second-order valence-electron chi connectivity index (χ2n) is 9.60. The number of allylic oxidation sites excluding steroid dienone is 1. The molecule has 9 heteroatoms. The molecule has 1 aliphatic carbocycles. The summed E-state index contributed by atoms with van der Waals surface area (Å²) in [7, 11) is 0. The molecule has 38 heavy (non-hydrogen) atoms. The summed E-state index contributed by atoms with van der Waals surface area (Å²) in [6.07, 6.45) is 12.5. The number of fused-ring (bicyclic) bond motifs is 2. The van der Waals surface area contributed by atoms with E-state index in [-0.39, 0.29) is 5.82 Å². The Bertz CT molecular complexity index is 1810. The lowest BCUT2D eigenvalue weighted by atomic mass is 9.83. The predicted octanol–water partition coefficient (Wildman–Crippen LogP) is 6.49. The first-order valence-electron chi connectivity index (χ1n) is 12.5. The van der Waals surface area contributed by atoms with E-state index in [1.54, 1.807) is 43.1 Å². The number of aromatic nitrogens is 7. The number of benzene rings is 1. The lowest BCUT2D eigenvalue weighted by Crippen LogP contribution is -2.18. The van der Waals surface area contributed by atoms with Crippen LogP contribution in [0.1, 0.15) is 19.3 Å². The molecule has 6 aromatic rings. The Hall–Kier alpha value is -4.92. The Morgan fingerprint density at radius 3 is 2.61 bits per heavy atom. The van der Waals surface area contributed by atoms with E-state index in [2.05, 4.69) is 42.0 Å². The first kappa shape index (κ1) is 22.3. The second-order valence-corrected chi connectivity index (χ2v) is 9.60. The Labute approximate surface area is 217 Å².